The Balaban J connectivity index is 1.80. The first-order chi connectivity index (χ1) is 12.0. The van der Waals surface area contributed by atoms with Crippen LogP contribution in [0.5, 0.6) is 5.75 Å². The largest absolute Gasteiger partial charge is 0.508 e. The van der Waals surface area contributed by atoms with E-state index in [4.69, 9.17) is 4.74 Å². The number of morpholine rings is 1. The molecule has 1 aliphatic rings. The van der Waals surface area contributed by atoms with Crippen LogP contribution in [0.1, 0.15) is 10.4 Å². The maximum absolute atomic E-state index is 12.7. The number of phenolic OH excluding ortho intramolecular Hbond substituents is 1. The highest BCUT2D eigenvalue weighted by Crippen LogP contribution is 2.20. The summed E-state index contributed by atoms with van der Waals surface area (Å²) >= 11 is 0. The number of aromatic hydroxyl groups is 1. The summed E-state index contributed by atoms with van der Waals surface area (Å²) in [5.41, 5.74) is 0.742. The van der Waals surface area contributed by atoms with Crippen molar-refractivity contribution in [3.05, 3.63) is 54.1 Å². The summed E-state index contributed by atoms with van der Waals surface area (Å²) in [6.45, 7) is 1.32. The van der Waals surface area contributed by atoms with Crippen LogP contribution in [-0.4, -0.2) is 50.0 Å². The second-order valence-electron chi connectivity index (χ2n) is 5.55. The number of rotatable bonds is 4. The lowest BCUT2D eigenvalue weighted by molar-refractivity contribution is 0.0730. The fraction of sp³-hybridized carbons (Fsp3) is 0.235. The van der Waals surface area contributed by atoms with Gasteiger partial charge < -0.3 is 15.2 Å². The van der Waals surface area contributed by atoms with E-state index in [-0.39, 0.29) is 16.2 Å². The van der Waals surface area contributed by atoms with Crippen LogP contribution >= 0.6 is 0 Å². The number of hydrogen-bond acceptors (Lipinski definition) is 5. The number of sulfonamides is 1. The molecule has 2 aromatic rings. The average Bonchev–Trinajstić information content (AvgIpc) is 2.64. The third kappa shape index (κ3) is 3.98. The highest BCUT2D eigenvalue weighted by atomic mass is 32.2. The first-order valence-electron chi connectivity index (χ1n) is 7.75. The van der Waals surface area contributed by atoms with Crippen molar-refractivity contribution in [3.8, 4) is 5.75 Å². The minimum Gasteiger partial charge on any atom is -0.508 e. The highest BCUT2D eigenvalue weighted by molar-refractivity contribution is 7.89. The van der Waals surface area contributed by atoms with E-state index in [1.807, 2.05) is 0 Å². The zero-order chi connectivity index (χ0) is 17.9. The summed E-state index contributed by atoms with van der Waals surface area (Å²) in [5.74, 6) is -0.332. The Morgan fingerprint density at radius 3 is 2.44 bits per heavy atom. The topological polar surface area (TPSA) is 95.9 Å². The van der Waals surface area contributed by atoms with Gasteiger partial charge in [0.05, 0.1) is 18.1 Å². The molecule has 0 atom stereocenters. The number of ether oxygens (including phenoxy) is 1. The molecule has 2 N–H and O–H groups in total. The van der Waals surface area contributed by atoms with Crippen LogP contribution in [0.2, 0.25) is 0 Å². The Hall–Kier alpha value is -2.42. The van der Waals surface area contributed by atoms with Gasteiger partial charge in [0.15, 0.2) is 0 Å². The van der Waals surface area contributed by atoms with E-state index in [1.165, 1.54) is 28.6 Å². The number of phenols is 1. The molecule has 0 spiro atoms. The predicted molar refractivity (Wildman–Crippen MR) is 92.1 cm³/mol. The van der Waals surface area contributed by atoms with Crippen LogP contribution in [-0.2, 0) is 14.8 Å². The average molecular weight is 362 g/mol. The molecule has 2 aromatic carbocycles. The van der Waals surface area contributed by atoms with E-state index in [1.54, 1.807) is 24.3 Å². The number of carbonyl (C=O) groups is 1. The molecule has 0 aliphatic carbocycles. The van der Waals surface area contributed by atoms with E-state index >= 15 is 0 Å². The first-order valence-corrected chi connectivity index (χ1v) is 9.19. The van der Waals surface area contributed by atoms with Crippen molar-refractivity contribution >= 4 is 21.6 Å². The molecule has 3 rings (SSSR count). The van der Waals surface area contributed by atoms with E-state index < -0.39 is 15.9 Å². The Labute approximate surface area is 145 Å². The summed E-state index contributed by atoms with van der Waals surface area (Å²) in [6, 6.07) is 11.9. The van der Waals surface area contributed by atoms with Crippen LogP contribution in [0.3, 0.4) is 0 Å². The smallest absolute Gasteiger partial charge is 0.255 e. The zero-order valence-corrected chi connectivity index (χ0v) is 14.2. The number of nitrogens with zero attached hydrogens (tertiary/aromatic N) is 1. The summed E-state index contributed by atoms with van der Waals surface area (Å²) in [5, 5.41) is 11.9. The molecule has 1 saturated heterocycles. The van der Waals surface area contributed by atoms with Gasteiger partial charge in [-0.1, -0.05) is 6.07 Å². The van der Waals surface area contributed by atoms with E-state index in [2.05, 4.69) is 5.32 Å². The standard InChI is InChI=1S/C17H18N2O5S/c20-15-6-4-14(5-7-15)18-17(21)13-2-1-3-16(12-13)25(22,23)19-8-10-24-11-9-19/h1-7,12,20H,8-11H2,(H,18,21). The number of anilines is 1. The molecule has 0 radical (unpaired) electrons. The molecule has 1 heterocycles. The number of carbonyl (C=O) groups excluding carboxylic acids is 1. The molecule has 1 aliphatic heterocycles. The van der Waals surface area contributed by atoms with Gasteiger partial charge in [-0.3, -0.25) is 4.79 Å². The van der Waals surface area contributed by atoms with Gasteiger partial charge >= 0.3 is 0 Å². The molecule has 0 aromatic heterocycles. The quantitative estimate of drug-likeness (QED) is 0.807. The van der Waals surface area contributed by atoms with Crippen molar-refractivity contribution in [2.24, 2.45) is 0 Å². The molecule has 8 heteroatoms. The van der Waals surface area contributed by atoms with Gasteiger partial charge in [-0.15, -0.1) is 0 Å². The third-order valence-corrected chi connectivity index (χ3v) is 5.72. The van der Waals surface area contributed by atoms with Crippen molar-refractivity contribution in [2.75, 3.05) is 31.6 Å². The maximum Gasteiger partial charge on any atom is 0.255 e. The minimum absolute atomic E-state index is 0.0766. The lowest BCUT2D eigenvalue weighted by Crippen LogP contribution is -2.40. The molecule has 0 bridgehead atoms. The van der Waals surface area contributed by atoms with Crippen LogP contribution in [0, 0.1) is 0 Å². The molecule has 1 fully saturated rings. The lowest BCUT2D eigenvalue weighted by atomic mass is 10.2. The fourth-order valence-electron chi connectivity index (χ4n) is 2.48. The van der Waals surface area contributed by atoms with Crippen LogP contribution in [0.4, 0.5) is 5.69 Å². The minimum atomic E-state index is -3.66. The first kappa shape index (κ1) is 17.4. The number of nitrogens with one attached hydrogen (secondary N) is 1. The van der Waals surface area contributed by atoms with Gasteiger partial charge in [0.2, 0.25) is 10.0 Å². The number of amides is 1. The van der Waals surface area contributed by atoms with Gasteiger partial charge in [0.1, 0.15) is 5.75 Å². The second-order valence-corrected chi connectivity index (χ2v) is 7.48. The van der Waals surface area contributed by atoms with Gasteiger partial charge in [0.25, 0.3) is 5.91 Å². The Morgan fingerprint density at radius 2 is 1.76 bits per heavy atom. The van der Waals surface area contributed by atoms with Crippen molar-refractivity contribution in [2.45, 2.75) is 4.90 Å². The second kappa shape index (κ2) is 7.22. The molecule has 25 heavy (non-hydrogen) atoms. The monoisotopic (exact) mass is 362 g/mol. The number of hydrogen-bond donors (Lipinski definition) is 2. The van der Waals surface area contributed by atoms with Crippen molar-refractivity contribution in [1.29, 1.82) is 0 Å². The summed E-state index contributed by atoms with van der Waals surface area (Å²) in [4.78, 5) is 12.4. The predicted octanol–water partition coefficient (Wildman–Crippen LogP) is 1.67. The van der Waals surface area contributed by atoms with Crippen LogP contribution in [0.15, 0.2) is 53.4 Å². The molecule has 7 nitrogen and oxygen atoms in total. The normalized spacial score (nSPS) is 15.7. The fourth-order valence-corrected chi connectivity index (χ4v) is 3.94. The van der Waals surface area contributed by atoms with Crippen LogP contribution < -0.4 is 5.32 Å². The third-order valence-electron chi connectivity index (χ3n) is 3.83. The SMILES string of the molecule is O=C(Nc1ccc(O)cc1)c1cccc(S(=O)(=O)N2CCOCC2)c1. The Bertz CT molecular complexity index is 859. The van der Waals surface area contributed by atoms with Gasteiger partial charge in [0, 0.05) is 24.3 Å². The van der Waals surface area contributed by atoms with E-state index in [9.17, 15) is 18.3 Å². The van der Waals surface area contributed by atoms with Gasteiger partial charge in [-0.25, -0.2) is 8.42 Å². The van der Waals surface area contributed by atoms with Crippen molar-refractivity contribution < 1.29 is 23.1 Å². The molecule has 1 amide bonds. The molecular formula is C17H18N2O5S. The summed E-state index contributed by atoms with van der Waals surface area (Å²) in [6.07, 6.45) is 0. The van der Waals surface area contributed by atoms with Crippen LogP contribution in [0.25, 0.3) is 0 Å². The zero-order valence-electron chi connectivity index (χ0n) is 13.4. The number of benzene rings is 2. The van der Waals surface area contributed by atoms with E-state index in [0.29, 0.717) is 32.0 Å². The summed E-state index contributed by atoms with van der Waals surface area (Å²) < 4.78 is 31.9. The van der Waals surface area contributed by atoms with Gasteiger partial charge in [-0.2, -0.15) is 4.31 Å². The van der Waals surface area contributed by atoms with E-state index in [0.717, 1.165) is 0 Å². The van der Waals surface area contributed by atoms with Crippen molar-refractivity contribution in [3.63, 3.8) is 0 Å². The Morgan fingerprint density at radius 1 is 1.08 bits per heavy atom. The molecule has 132 valence electrons. The molecule has 0 unspecified atom stereocenters. The van der Waals surface area contributed by atoms with Crippen molar-refractivity contribution in [1.82, 2.24) is 4.31 Å². The molecule has 0 saturated carbocycles. The summed E-state index contributed by atoms with van der Waals surface area (Å²) in [7, 11) is -3.66. The van der Waals surface area contributed by atoms with Gasteiger partial charge in [-0.05, 0) is 42.5 Å². The Kier molecular flexibility index (Phi) is 5.03. The highest BCUT2D eigenvalue weighted by Gasteiger charge is 2.26. The maximum atomic E-state index is 12.7. The lowest BCUT2D eigenvalue weighted by Gasteiger charge is -2.26. The molecular weight excluding hydrogens is 344 g/mol.